The number of likely N-dealkylation sites (tertiary alicyclic amines) is 1. The molecule has 1 saturated heterocycles. The van der Waals surface area contributed by atoms with E-state index in [0.717, 1.165) is 19.4 Å². The quantitative estimate of drug-likeness (QED) is 0.866. The molecule has 2 rings (SSSR count). The van der Waals surface area contributed by atoms with Crippen molar-refractivity contribution in [3.8, 4) is 5.75 Å². The lowest BCUT2D eigenvalue weighted by atomic mass is 9.93. The molecule has 2 unspecified atom stereocenters. The van der Waals surface area contributed by atoms with Crippen molar-refractivity contribution >= 4 is 0 Å². The maximum absolute atomic E-state index is 13.2. The van der Waals surface area contributed by atoms with Crippen molar-refractivity contribution in [1.29, 1.82) is 0 Å². The summed E-state index contributed by atoms with van der Waals surface area (Å²) in [5.74, 6) is 0.373. The van der Waals surface area contributed by atoms with Gasteiger partial charge in [0.25, 0.3) is 0 Å². The van der Waals surface area contributed by atoms with Gasteiger partial charge in [-0.2, -0.15) is 0 Å². The molecule has 0 spiro atoms. The number of benzene rings is 1. The fourth-order valence-electron chi connectivity index (χ4n) is 2.57. The molecule has 1 heterocycles. The zero-order valence-electron chi connectivity index (χ0n) is 10.8. The molecular formula is C14H21FN2O. The molecular weight excluding hydrogens is 231 g/mol. The van der Waals surface area contributed by atoms with Crippen LogP contribution in [0.5, 0.6) is 5.75 Å². The summed E-state index contributed by atoms with van der Waals surface area (Å²) < 4.78 is 13.2. The smallest absolute Gasteiger partial charge is 0.123 e. The average Bonchev–Trinajstić information content (AvgIpc) is 2.36. The van der Waals surface area contributed by atoms with Gasteiger partial charge >= 0.3 is 0 Å². The highest BCUT2D eigenvalue weighted by Crippen LogP contribution is 2.26. The number of phenols is 1. The first-order chi connectivity index (χ1) is 8.60. The third-order valence-corrected chi connectivity index (χ3v) is 3.86. The first-order valence-electron chi connectivity index (χ1n) is 6.51. The van der Waals surface area contributed by atoms with Crippen LogP contribution in [0.3, 0.4) is 0 Å². The maximum atomic E-state index is 13.2. The van der Waals surface area contributed by atoms with Crippen molar-refractivity contribution in [1.82, 2.24) is 4.90 Å². The number of phenolic OH excluding ortho intramolecular Hbond substituents is 1. The molecule has 0 bridgehead atoms. The number of rotatable bonds is 3. The highest BCUT2D eigenvalue weighted by Gasteiger charge is 2.25. The molecule has 1 aromatic rings. The summed E-state index contributed by atoms with van der Waals surface area (Å²) in [7, 11) is 0. The highest BCUT2D eigenvalue weighted by molar-refractivity contribution is 5.32. The van der Waals surface area contributed by atoms with E-state index in [1.54, 1.807) is 0 Å². The van der Waals surface area contributed by atoms with E-state index in [1.807, 2.05) is 0 Å². The summed E-state index contributed by atoms with van der Waals surface area (Å²) in [6.07, 6.45) is 2.27. The summed E-state index contributed by atoms with van der Waals surface area (Å²) >= 11 is 0. The van der Waals surface area contributed by atoms with E-state index in [4.69, 9.17) is 5.73 Å². The van der Waals surface area contributed by atoms with Gasteiger partial charge in [-0.15, -0.1) is 0 Å². The standard InChI is InChI=1S/C14H21FN2O/c1-10-2-3-11(7-16)8-17(10)9-12-6-13(15)4-5-14(12)18/h4-6,10-11,18H,2-3,7-9,16H2,1H3. The Bertz CT molecular complexity index is 411. The van der Waals surface area contributed by atoms with Gasteiger partial charge in [-0.05, 0) is 50.4 Å². The minimum atomic E-state index is -0.303. The number of aromatic hydroxyl groups is 1. The molecule has 18 heavy (non-hydrogen) atoms. The fourth-order valence-corrected chi connectivity index (χ4v) is 2.57. The van der Waals surface area contributed by atoms with Crippen molar-refractivity contribution in [2.24, 2.45) is 11.7 Å². The molecule has 1 aliphatic rings. The Morgan fingerprint density at radius 2 is 2.22 bits per heavy atom. The first kappa shape index (κ1) is 13.3. The number of piperidine rings is 1. The topological polar surface area (TPSA) is 49.5 Å². The van der Waals surface area contributed by atoms with Crippen LogP contribution in [0.2, 0.25) is 0 Å². The van der Waals surface area contributed by atoms with Crippen molar-refractivity contribution in [3.05, 3.63) is 29.6 Å². The SMILES string of the molecule is CC1CCC(CN)CN1Cc1cc(F)ccc1O. The Morgan fingerprint density at radius 3 is 2.94 bits per heavy atom. The number of nitrogens with two attached hydrogens (primary N) is 1. The lowest BCUT2D eigenvalue weighted by Crippen LogP contribution is -2.43. The number of hydrogen-bond donors (Lipinski definition) is 2. The maximum Gasteiger partial charge on any atom is 0.123 e. The average molecular weight is 252 g/mol. The van der Waals surface area contributed by atoms with Crippen LogP contribution in [0.1, 0.15) is 25.3 Å². The van der Waals surface area contributed by atoms with Crippen LogP contribution in [-0.4, -0.2) is 29.1 Å². The van der Waals surface area contributed by atoms with E-state index in [2.05, 4.69) is 11.8 Å². The van der Waals surface area contributed by atoms with Gasteiger partial charge in [0.15, 0.2) is 0 Å². The van der Waals surface area contributed by atoms with Crippen molar-refractivity contribution < 1.29 is 9.50 Å². The number of halogens is 1. The molecule has 1 fully saturated rings. The lowest BCUT2D eigenvalue weighted by Gasteiger charge is -2.37. The zero-order valence-corrected chi connectivity index (χ0v) is 10.8. The van der Waals surface area contributed by atoms with Crippen molar-refractivity contribution in [3.63, 3.8) is 0 Å². The molecule has 0 amide bonds. The third-order valence-electron chi connectivity index (χ3n) is 3.86. The van der Waals surface area contributed by atoms with Gasteiger partial charge in [-0.25, -0.2) is 4.39 Å². The van der Waals surface area contributed by atoms with Gasteiger partial charge in [-0.1, -0.05) is 0 Å². The summed E-state index contributed by atoms with van der Waals surface area (Å²) in [6, 6.07) is 4.56. The third kappa shape index (κ3) is 3.00. The lowest BCUT2D eigenvalue weighted by molar-refractivity contribution is 0.112. The molecule has 0 radical (unpaired) electrons. The molecule has 100 valence electrons. The van der Waals surface area contributed by atoms with Crippen LogP contribution in [0, 0.1) is 11.7 Å². The summed E-state index contributed by atoms with van der Waals surface area (Å²) in [4.78, 5) is 2.27. The van der Waals surface area contributed by atoms with Gasteiger partial charge in [0.2, 0.25) is 0 Å². The Hall–Kier alpha value is -1.13. The number of nitrogens with zero attached hydrogens (tertiary/aromatic N) is 1. The molecule has 0 aromatic heterocycles. The van der Waals surface area contributed by atoms with Crippen LogP contribution < -0.4 is 5.73 Å². The molecule has 2 atom stereocenters. The van der Waals surface area contributed by atoms with Gasteiger partial charge < -0.3 is 10.8 Å². The molecule has 3 nitrogen and oxygen atoms in total. The van der Waals surface area contributed by atoms with E-state index < -0.39 is 0 Å². The predicted molar refractivity (Wildman–Crippen MR) is 69.7 cm³/mol. The minimum absolute atomic E-state index is 0.165. The monoisotopic (exact) mass is 252 g/mol. The molecule has 4 heteroatoms. The largest absolute Gasteiger partial charge is 0.508 e. The van der Waals surface area contributed by atoms with Crippen LogP contribution in [-0.2, 0) is 6.54 Å². The van der Waals surface area contributed by atoms with E-state index in [9.17, 15) is 9.50 Å². The molecule has 0 aliphatic carbocycles. The zero-order chi connectivity index (χ0) is 13.1. The van der Waals surface area contributed by atoms with E-state index in [1.165, 1.54) is 18.2 Å². The van der Waals surface area contributed by atoms with E-state index in [-0.39, 0.29) is 11.6 Å². The van der Waals surface area contributed by atoms with Gasteiger partial charge in [-0.3, -0.25) is 4.90 Å². The Morgan fingerprint density at radius 1 is 1.44 bits per heavy atom. The van der Waals surface area contributed by atoms with Crippen LogP contribution in [0.15, 0.2) is 18.2 Å². The molecule has 1 aliphatic heterocycles. The van der Waals surface area contributed by atoms with Crippen LogP contribution in [0.25, 0.3) is 0 Å². The predicted octanol–water partition coefficient (Wildman–Crippen LogP) is 2.09. The van der Waals surface area contributed by atoms with Gasteiger partial charge in [0, 0.05) is 24.7 Å². The van der Waals surface area contributed by atoms with Gasteiger partial charge in [0.1, 0.15) is 11.6 Å². The molecule has 1 aromatic carbocycles. The molecule has 3 N–H and O–H groups in total. The highest BCUT2D eigenvalue weighted by atomic mass is 19.1. The van der Waals surface area contributed by atoms with Crippen LogP contribution >= 0.6 is 0 Å². The van der Waals surface area contributed by atoms with Crippen molar-refractivity contribution in [2.75, 3.05) is 13.1 Å². The summed E-state index contributed by atoms with van der Waals surface area (Å²) in [6.45, 7) is 4.37. The summed E-state index contributed by atoms with van der Waals surface area (Å²) in [5, 5.41) is 9.76. The fraction of sp³-hybridized carbons (Fsp3) is 0.571. The van der Waals surface area contributed by atoms with E-state index >= 15 is 0 Å². The van der Waals surface area contributed by atoms with E-state index in [0.29, 0.717) is 30.6 Å². The second kappa shape index (κ2) is 5.67. The van der Waals surface area contributed by atoms with Gasteiger partial charge in [0.05, 0.1) is 0 Å². The molecule has 0 saturated carbocycles. The first-order valence-corrected chi connectivity index (χ1v) is 6.51. The second-order valence-electron chi connectivity index (χ2n) is 5.23. The number of hydrogen-bond acceptors (Lipinski definition) is 3. The normalized spacial score (nSPS) is 25.3. The minimum Gasteiger partial charge on any atom is -0.508 e. The van der Waals surface area contributed by atoms with Crippen molar-refractivity contribution in [2.45, 2.75) is 32.4 Å². The Kier molecular flexibility index (Phi) is 4.19. The Balaban J connectivity index is 2.09. The Labute approximate surface area is 107 Å². The second-order valence-corrected chi connectivity index (χ2v) is 5.23. The van der Waals surface area contributed by atoms with Crippen LogP contribution in [0.4, 0.5) is 4.39 Å². The summed E-state index contributed by atoms with van der Waals surface area (Å²) in [5.41, 5.74) is 6.37.